The molecule has 0 N–H and O–H groups in total. The average Bonchev–Trinajstić information content (AvgIpc) is 2.46. The van der Waals surface area contributed by atoms with Crippen LogP contribution in [0.1, 0.15) is 17.5 Å². The molecular weight excluding hydrogens is 256 g/mol. The zero-order chi connectivity index (χ0) is 12.8. The second-order valence-electron chi connectivity index (χ2n) is 4.15. The average molecular weight is 272 g/mol. The number of hydrogen-bond acceptors (Lipinski definition) is 2. The lowest BCUT2D eigenvalue weighted by molar-refractivity contribution is 0.994. The third-order valence-electron chi connectivity index (χ3n) is 2.81. The minimum absolute atomic E-state index is 0.918. The molecular formula is C16H16S2. The molecule has 0 amide bonds. The summed E-state index contributed by atoms with van der Waals surface area (Å²) in [5, 5.41) is 0. The summed E-state index contributed by atoms with van der Waals surface area (Å²) in [6.45, 7) is 0. The van der Waals surface area contributed by atoms with Gasteiger partial charge in [-0.2, -0.15) is 0 Å². The number of thiol groups is 2. The highest BCUT2D eigenvalue weighted by Gasteiger charge is 2.02. The molecule has 2 aromatic rings. The lowest BCUT2D eigenvalue weighted by atomic mass is 10.1. The van der Waals surface area contributed by atoms with Crippen LogP contribution in [0.5, 0.6) is 0 Å². The summed E-state index contributed by atoms with van der Waals surface area (Å²) in [7, 11) is 0. The number of benzene rings is 2. The summed E-state index contributed by atoms with van der Waals surface area (Å²) < 4.78 is 0. The lowest BCUT2D eigenvalue weighted by Gasteiger charge is -2.06. The zero-order valence-corrected chi connectivity index (χ0v) is 11.9. The van der Waals surface area contributed by atoms with Crippen LogP contribution in [-0.4, -0.2) is 0 Å². The van der Waals surface area contributed by atoms with Crippen LogP contribution in [-0.2, 0) is 6.42 Å². The van der Waals surface area contributed by atoms with Gasteiger partial charge >= 0.3 is 0 Å². The highest BCUT2D eigenvalue weighted by atomic mass is 32.1. The van der Waals surface area contributed by atoms with Crippen molar-refractivity contribution in [3.8, 4) is 0 Å². The Morgan fingerprint density at radius 3 is 1.94 bits per heavy atom. The van der Waals surface area contributed by atoms with Gasteiger partial charge < -0.3 is 0 Å². The summed E-state index contributed by atoms with van der Waals surface area (Å²) in [6.07, 6.45) is 1.91. The van der Waals surface area contributed by atoms with Gasteiger partial charge in [0.05, 0.1) is 0 Å². The smallest absolute Gasteiger partial charge is 0.0206 e. The molecule has 92 valence electrons. The Bertz CT molecular complexity index is 515. The van der Waals surface area contributed by atoms with Crippen LogP contribution in [0.2, 0.25) is 0 Å². The van der Waals surface area contributed by atoms with Crippen molar-refractivity contribution in [2.24, 2.45) is 0 Å². The Morgan fingerprint density at radius 1 is 0.778 bits per heavy atom. The van der Waals surface area contributed by atoms with Crippen LogP contribution >= 0.6 is 25.3 Å². The van der Waals surface area contributed by atoms with Gasteiger partial charge in [0.25, 0.3) is 0 Å². The molecule has 0 aliphatic heterocycles. The lowest BCUT2D eigenvalue weighted by Crippen LogP contribution is -1.87. The summed E-state index contributed by atoms with van der Waals surface area (Å²) in [5.41, 5.74) is 2.46. The van der Waals surface area contributed by atoms with Gasteiger partial charge in [-0.05, 0) is 28.9 Å². The molecule has 0 aliphatic carbocycles. The minimum Gasteiger partial charge on any atom is -0.147 e. The molecule has 0 aliphatic rings. The van der Waals surface area contributed by atoms with Crippen molar-refractivity contribution in [1.82, 2.24) is 0 Å². The first kappa shape index (κ1) is 13.3. The molecule has 2 rings (SSSR count). The van der Waals surface area contributed by atoms with Crippen LogP contribution in [0.15, 0.2) is 65.6 Å². The van der Waals surface area contributed by atoms with Crippen molar-refractivity contribution in [2.45, 2.75) is 12.8 Å². The molecule has 0 saturated carbocycles. The van der Waals surface area contributed by atoms with E-state index in [1.54, 1.807) is 0 Å². The second kappa shape index (κ2) is 6.72. The van der Waals surface area contributed by atoms with E-state index in [1.165, 1.54) is 5.56 Å². The molecule has 2 aromatic carbocycles. The molecule has 0 aromatic heterocycles. The standard InChI is InChI=1S/C16H16S2/c17-15(12-11-13-7-3-1-4-8-13)16(18)14-9-5-2-6-10-14/h1-10,17-18H,11-12H2/b16-15-. The van der Waals surface area contributed by atoms with Crippen LogP contribution in [0, 0.1) is 0 Å². The first-order chi connectivity index (χ1) is 8.77. The Morgan fingerprint density at radius 2 is 1.33 bits per heavy atom. The number of allylic oxidation sites excluding steroid dienone is 1. The number of hydrogen-bond donors (Lipinski definition) is 2. The van der Waals surface area contributed by atoms with Gasteiger partial charge in [0, 0.05) is 4.91 Å². The Balaban J connectivity index is 2.05. The van der Waals surface area contributed by atoms with Crippen molar-refractivity contribution >= 4 is 30.2 Å². The topological polar surface area (TPSA) is 0 Å². The number of rotatable bonds is 4. The number of aryl methyl sites for hydroxylation is 1. The van der Waals surface area contributed by atoms with Gasteiger partial charge in [-0.25, -0.2) is 0 Å². The summed E-state index contributed by atoms with van der Waals surface area (Å²) in [4.78, 5) is 2.00. The third kappa shape index (κ3) is 3.69. The van der Waals surface area contributed by atoms with E-state index in [0.717, 1.165) is 28.2 Å². The molecule has 0 saturated heterocycles. The van der Waals surface area contributed by atoms with E-state index >= 15 is 0 Å². The van der Waals surface area contributed by atoms with Gasteiger partial charge in [0.15, 0.2) is 0 Å². The van der Waals surface area contributed by atoms with Gasteiger partial charge in [-0.3, -0.25) is 0 Å². The maximum atomic E-state index is 4.57. The molecule has 0 radical (unpaired) electrons. The van der Waals surface area contributed by atoms with Crippen molar-refractivity contribution in [3.05, 3.63) is 76.7 Å². The van der Waals surface area contributed by atoms with Gasteiger partial charge in [0.1, 0.15) is 0 Å². The normalized spacial score (nSPS) is 12.1. The fourth-order valence-electron chi connectivity index (χ4n) is 1.79. The molecule has 0 unspecified atom stereocenters. The van der Waals surface area contributed by atoms with Crippen LogP contribution in [0.3, 0.4) is 0 Å². The Labute approximate surface area is 120 Å². The van der Waals surface area contributed by atoms with Gasteiger partial charge in [-0.1, -0.05) is 60.7 Å². The maximum Gasteiger partial charge on any atom is 0.0206 e. The molecule has 0 nitrogen and oxygen atoms in total. The quantitative estimate of drug-likeness (QED) is 0.731. The second-order valence-corrected chi connectivity index (χ2v) is 5.13. The van der Waals surface area contributed by atoms with E-state index in [-0.39, 0.29) is 0 Å². The Hall–Kier alpha value is -1.12. The van der Waals surface area contributed by atoms with Crippen molar-refractivity contribution < 1.29 is 0 Å². The maximum absolute atomic E-state index is 4.57. The fraction of sp³-hybridized carbons (Fsp3) is 0.125. The highest BCUT2D eigenvalue weighted by Crippen LogP contribution is 2.27. The monoisotopic (exact) mass is 272 g/mol. The molecule has 0 spiro atoms. The van der Waals surface area contributed by atoms with Crippen LogP contribution < -0.4 is 0 Å². The van der Waals surface area contributed by atoms with Crippen LogP contribution in [0.4, 0.5) is 0 Å². The van der Waals surface area contributed by atoms with Crippen molar-refractivity contribution in [2.75, 3.05) is 0 Å². The predicted molar refractivity (Wildman–Crippen MR) is 86.1 cm³/mol. The third-order valence-corrected chi connectivity index (χ3v) is 3.97. The summed E-state index contributed by atoms with van der Waals surface area (Å²) in [6, 6.07) is 20.6. The summed E-state index contributed by atoms with van der Waals surface area (Å²) >= 11 is 9.13. The van der Waals surface area contributed by atoms with E-state index in [4.69, 9.17) is 0 Å². The summed E-state index contributed by atoms with van der Waals surface area (Å²) in [5.74, 6) is 0. The van der Waals surface area contributed by atoms with E-state index in [1.807, 2.05) is 24.3 Å². The van der Waals surface area contributed by atoms with E-state index < -0.39 is 0 Å². The van der Waals surface area contributed by atoms with Gasteiger partial charge in [0.2, 0.25) is 0 Å². The molecule has 18 heavy (non-hydrogen) atoms. The molecule has 0 heterocycles. The Kier molecular flexibility index (Phi) is 4.97. The predicted octanol–water partition coefficient (Wildman–Crippen LogP) is 4.85. The first-order valence-electron chi connectivity index (χ1n) is 5.98. The molecule has 0 atom stereocenters. The highest BCUT2D eigenvalue weighted by molar-refractivity contribution is 7.93. The largest absolute Gasteiger partial charge is 0.147 e. The fourth-order valence-corrected chi connectivity index (χ4v) is 2.29. The van der Waals surface area contributed by atoms with Crippen molar-refractivity contribution in [3.63, 3.8) is 0 Å². The van der Waals surface area contributed by atoms with E-state index in [0.29, 0.717) is 0 Å². The van der Waals surface area contributed by atoms with Crippen LogP contribution in [0.25, 0.3) is 4.91 Å². The van der Waals surface area contributed by atoms with Crippen molar-refractivity contribution in [1.29, 1.82) is 0 Å². The first-order valence-corrected chi connectivity index (χ1v) is 6.87. The van der Waals surface area contributed by atoms with Gasteiger partial charge in [-0.15, -0.1) is 25.3 Å². The van der Waals surface area contributed by atoms with E-state index in [2.05, 4.69) is 61.7 Å². The van der Waals surface area contributed by atoms with E-state index in [9.17, 15) is 0 Å². The SMILES string of the molecule is S/C(CCc1ccccc1)=C(\S)c1ccccc1. The minimum atomic E-state index is 0.918. The molecule has 2 heteroatoms. The molecule has 0 bridgehead atoms. The zero-order valence-electron chi connectivity index (χ0n) is 10.1. The molecule has 0 fully saturated rings.